The van der Waals surface area contributed by atoms with E-state index in [2.05, 4.69) is 17.6 Å². The summed E-state index contributed by atoms with van der Waals surface area (Å²) in [4.78, 5) is 0. The van der Waals surface area contributed by atoms with Crippen LogP contribution in [0.1, 0.15) is 45.4 Å². The fourth-order valence-electron chi connectivity index (χ4n) is 2.97. The standard InChI is InChI=1S/C13H26N2O/c1-10-8-11(5-6-13(10)16)15-9-12-4-2-3-7-14-12/h10-16H,2-9H2,1H3. The maximum absolute atomic E-state index is 9.67. The number of hydrogen-bond donors (Lipinski definition) is 3. The molecule has 0 aromatic carbocycles. The first-order valence-electron chi connectivity index (χ1n) is 6.90. The van der Waals surface area contributed by atoms with E-state index < -0.39 is 0 Å². The van der Waals surface area contributed by atoms with Crippen LogP contribution in [0.15, 0.2) is 0 Å². The number of nitrogens with one attached hydrogen (secondary N) is 2. The molecule has 4 unspecified atom stereocenters. The lowest BCUT2D eigenvalue weighted by molar-refractivity contribution is 0.0654. The van der Waals surface area contributed by atoms with Crippen molar-refractivity contribution in [3.63, 3.8) is 0 Å². The number of hydrogen-bond acceptors (Lipinski definition) is 3. The van der Waals surface area contributed by atoms with Gasteiger partial charge in [0.2, 0.25) is 0 Å². The zero-order valence-electron chi connectivity index (χ0n) is 10.4. The Balaban J connectivity index is 1.65. The lowest BCUT2D eigenvalue weighted by Gasteiger charge is -2.33. The molecule has 2 fully saturated rings. The first kappa shape index (κ1) is 12.3. The van der Waals surface area contributed by atoms with Gasteiger partial charge in [-0.2, -0.15) is 0 Å². The van der Waals surface area contributed by atoms with E-state index in [4.69, 9.17) is 0 Å². The Morgan fingerprint density at radius 1 is 1.25 bits per heavy atom. The molecule has 16 heavy (non-hydrogen) atoms. The molecule has 3 N–H and O–H groups in total. The molecule has 1 aliphatic heterocycles. The van der Waals surface area contributed by atoms with E-state index in [0.717, 1.165) is 25.8 Å². The maximum Gasteiger partial charge on any atom is 0.0566 e. The van der Waals surface area contributed by atoms with Gasteiger partial charge >= 0.3 is 0 Å². The summed E-state index contributed by atoms with van der Waals surface area (Å²) in [5, 5.41) is 16.9. The molecule has 1 aliphatic carbocycles. The number of rotatable bonds is 3. The maximum atomic E-state index is 9.67. The molecule has 0 aromatic heterocycles. The molecule has 0 radical (unpaired) electrons. The highest BCUT2D eigenvalue weighted by Gasteiger charge is 2.26. The van der Waals surface area contributed by atoms with Crippen molar-refractivity contribution < 1.29 is 5.11 Å². The van der Waals surface area contributed by atoms with Gasteiger partial charge in [0.1, 0.15) is 0 Å². The second-order valence-corrected chi connectivity index (χ2v) is 5.61. The van der Waals surface area contributed by atoms with Crippen LogP contribution in [0.5, 0.6) is 0 Å². The predicted octanol–water partition coefficient (Wildman–Crippen LogP) is 1.27. The van der Waals surface area contributed by atoms with Crippen molar-refractivity contribution in [2.24, 2.45) is 5.92 Å². The van der Waals surface area contributed by atoms with Crippen LogP contribution in [-0.4, -0.2) is 36.4 Å². The van der Waals surface area contributed by atoms with Crippen LogP contribution in [0.4, 0.5) is 0 Å². The van der Waals surface area contributed by atoms with Gasteiger partial charge in [0.15, 0.2) is 0 Å². The average molecular weight is 226 g/mol. The Labute approximate surface area is 99.0 Å². The van der Waals surface area contributed by atoms with E-state index in [0.29, 0.717) is 18.0 Å². The second-order valence-electron chi connectivity index (χ2n) is 5.61. The van der Waals surface area contributed by atoms with Gasteiger partial charge in [-0.25, -0.2) is 0 Å². The minimum Gasteiger partial charge on any atom is -0.393 e. The van der Waals surface area contributed by atoms with Gasteiger partial charge in [0, 0.05) is 18.6 Å². The summed E-state index contributed by atoms with van der Waals surface area (Å²) in [6.07, 6.45) is 7.20. The van der Waals surface area contributed by atoms with Crippen molar-refractivity contribution in [3.05, 3.63) is 0 Å². The van der Waals surface area contributed by atoms with Gasteiger partial charge in [-0.3, -0.25) is 0 Å². The Morgan fingerprint density at radius 3 is 2.81 bits per heavy atom. The summed E-state index contributed by atoms with van der Waals surface area (Å²) < 4.78 is 0. The molecular weight excluding hydrogens is 200 g/mol. The molecule has 3 heteroatoms. The van der Waals surface area contributed by atoms with Crippen LogP contribution in [0.25, 0.3) is 0 Å². The van der Waals surface area contributed by atoms with Crippen molar-refractivity contribution in [2.75, 3.05) is 13.1 Å². The van der Waals surface area contributed by atoms with Gasteiger partial charge < -0.3 is 15.7 Å². The quantitative estimate of drug-likeness (QED) is 0.679. The fourth-order valence-corrected chi connectivity index (χ4v) is 2.97. The molecule has 1 heterocycles. The highest BCUT2D eigenvalue weighted by Crippen LogP contribution is 2.24. The Hall–Kier alpha value is -0.120. The number of aliphatic hydroxyl groups is 1. The first-order valence-corrected chi connectivity index (χ1v) is 6.90. The Bertz CT molecular complexity index is 204. The van der Waals surface area contributed by atoms with Crippen molar-refractivity contribution >= 4 is 0 Å². The van der Waals surface area contributed by atoms with E-state index in [9.17, 15) is 5.11 Å². The lowest BCUT2D eigenvalue weighted by atomic mass is 9.84. The third-order valence-electron chi connectivity index (χ3n) is 4.19. The largest absolute Gasteiger partial charge is 0.393 e. The SMILES string of the molecule is CC1CC(NCC2CCCCN2)CCC1O. The smallest absolute Gasteiger partial charge is 0.0566 e. The van der Waals surface area contributed by atoms with E-state index in [1.54, 1.807) is 0 Å². The van der Waals surface area contributed by atoms with Crippen LogP contribution < -0.4 is 10.6 Å². The molecule has 1 saturated heterocycles. The zero-order valence-corrected chi connectivity index (χ0v) is 10.4. The van der Waals surface area contributed by atoms with Crippen molar-refractivity contribution in [1.82, 2.24) is 10.6 Å². The summed E-state index contributed by atoms with van der Waals surface area (Å²) in [5.41, 5.74) is 0. The summed E-state index contributed by atoms with van der Waals surface area (Å²) >= 11 is 0. The van der Waals surface area contributed by atoms with Crippen molar-refractivity contribution in [1.29, 1.82) is 0 Å². The Morgan fingerprint density at radius 2 is 2.12 bits per heavy atom. The molecular formula is C13H26N2O. The zero-order chi connectivity index (χ0) is 11.4. The van der Waals surface area contributed by atoms with Crippen LogP contribution in [0.3, 0.4) is 0 Å². The van der Waals surface area contributed by atoms with Gasteiger partial charge in [0.05, 0.1) is 6.10 Å². The summed E-state index contributed by atoms with van der Waals surface area (Å²) in [6, 6.07) is 1.30. The van der Waals surface area contributed by atoms with Crippen LogP contribution >= 0.6 is 0 Å². The molecule has 0 bridgehead atoms. The lowest BCUT2D eigenvalue weighted by Crippen LogP contribution is -2.47. The Kier molecular flexibility index (Phi) is 4.62. The monoisotopic (exact) mass is 226 g/mol. The van der Waals surface area contributed by atoms with E-state index in [-0.39, 0.29) is 6.10 Å². The number of aliphatic hydroxyl groups excluding tert-OH is 1. The molecule has 4 atom stereocenters. The summed E-state index contributed by atoms with van der Waals surface area (Å²) in [5.74, 6) is 0.463. The molecule has 1 saturated carbocycles. The minimum absolute atomic E-state index is 0.0640. The van der Waals surface area contributed by atoms with Gasteiger partial charge in [-0.05, 0) is 44.6 Å². The summed E-state index contributed by atoms with van der Waals surface area (Å²) in [7, 11) is 0. The fraction of sp³-hybridized carbons (Fsp3) is 1.00. The number of piperidine rings is 1. The normalized spacial score (nSPS) is 40.9. The molecule has 94 valence electrons. The van der Waals surface area contributed by atoms with E-state index >= 15 is 0 Å². The molecule has 2 aliphatic rings. The minimum atomic E-state index is -0.0640. The third-order valence-corrected chi connectivity index (χ3v) is 4.19. The topological polar surface area (TPSA) is 44.3 Å². The molecule has 3 nitrogen and oxygen atoms in total. The molecule has 0 amide bonds. The van der Waals surface area contributed by atoms with Crippen LogP contribution in [-0.2, 0) is 0 Å². The average Bonchev–Trinajstić information content (AvgIpc) is 2.32. The van der Waals surface area contributed by atoms with Gasteiger partial charge in [0.25, 0.3) is 0 Å². The summed E-state index contributed by atoms with van der Waals surface area (Å²) in [6.45, 7) is 4.46. The highest BCUT2D eigenvalue weighted by atomic mass is 16.3. The molecule has 2 rings (SSSR count). The molecule has 0 aromatic rings. The van der Waals surface area contributed by atoms with Crippen LogP contribution in [0, 0.1) is 5.92 Å². The van der Waals surface area contributed by atoms with E-state index in [1.807, 2.05) is 0 Å². The predicted molar refractivity (Wildman–Crippen MR) is 66.5 cm³/mol. The molecule has 0 spiro atoms. The van der Waals surface area contributed by atoms with Gasteiger partial charge in [-0.15, -0.1) is 0 Å². The van der Waals surface area contributed by atoms with Gasteiger partial charge in [-0.1, -0.05) is 13.3 Å². The van der Waals surface area contributed by atoms with Crippen molar-refractivity contribution in [3.8, 4) is 0 Å². The van der Waals surface area contributed by atoms with Crippen molar-refractivity contribution in [2.45, 2.75) is 63.6 Å². The first-order chi connectivity index (χ1) is 7.75. The second kappa shape index (κ2) is 5.99. The van der Waals surface area contributed by atoms with Crippen LogP contribution in [0.2, 0.25) is 0 Å². The highest BCUT2D eigenvalue weighted by molar-refractivity contribution is 4.83. The third kappa shape index (κ3) is 3.44. The van der Waals surface area contributed by atoms with E-state index in [1.165, 1.54) is 25.8 Å².